The van der Waals surface area contributed by atoms with Crippen molar-refractivity contribution in [2.45, 2.75) is 243 Å². The summed E-state index contributed by atoms with van der Waals surface area (Å²) in [6, 6.07) is 18.9. The van der Waals surface area contributed by atoms with Crippen molar-refractivity contribution < 1.29 is 25.9 Å². The van der Waals surface area contributed by atoms with Gasteiger partial charge in [0.15, 0.2) is 0 Å². The fourth-order valence-electron chi connectivity index (χ4n) is 9.38. The molecule has 0 N–H and O–H groups in total. The number of unbranched alkanes of at least 4 members (excludes halogenated alkanes) is 24. The van der Waals surface area contributed by atoms with Crippen LogP contribution in [0, 0.1) is 0 Å². The topological polar surface area (TPSA) is 114 Å². The number of benzene rings is 4. The van der Waals surface area contributed by atoms with E-state index in [1.54, 1.807) is 12.1 Å². The van der Waals surface area contributed by atoms with Crippen LogP contribution in [-0.2, 0) is 45.9 Å². The van der Waals surface area contributed by atoms with Crippen LogP contribution in [0.15, 0.2) is 70.5 Å². The van der Waals surface area contributed by atoms with Gasteiger partial charge < -0.3 is 9.11 Å². The van der Waals surface area contributed by atoms with E-state index in [4.69, 9.17) is 0 Å². The van der Waals surface area contributed by atoms with Gasteiger partial charge in [0.25, 0.3) is 0 Å². The maximum absolute atomic E-state index is 12.0. The molecule has 9 heteroatoms. The van der Waals surface area contributed by atoms with Crippen LogP contribution in [0.5, 0.6) is 0 Å². The molecule has 0 spiro atoms. The first-order valence-corrected chi connectivity index (χ1v) is 28.8. The molecule has 0 amide bonds. The number of hydrogen-bond donors (Lipinski definition) is 0. The second-order valence-electron chi connectivity index (χ2n) is 18.5. The summed E-state index contributed by atoms with van der Waals surface area (Å²) in [6.07, 6.45) is 38.1. The van der Waals surface area contributed by atoms with Crippen molar-refractivity contribution in [3.8, 4) is 0 Å². The Morgan fingerprint density at radius 3 is 0.831 bits per heavy atom. The summed E-state index contributed by atoms with van der Waals surface area (Å²) < 4.78 is 72.1. The molecule has 0 saturated heterocycles. The number of aryl methyl sites for hydroxylation is 4. The monoisotopic (exact) mass is 1060 g/mol. The van der Waals surface area contributed by atoms with E-state index < -0.39 is 20.2 Å². The molecule has 0 bridgehead atoms. The average molecular weight is 1060 g/mol. The Morgan fingerprint density at radius 1 is 0.323 bits per heavy atom. The summed E-state index contributed by atoms with van der Waals surface area (Å²) in [4.78, 5) is -0.0938. The normalized spacial score (nSPS) is 11.8. The summed E-state index contributed by atoms with van der Waals surface area (Å²) in [7, 11) is -9.00. The second kappa shape index (κ2) is 35.0. The number of fused-ring (bicyclic) bond motifs is 2. The fraction of sp³-hybridized carbons (Fsp3) is 0.643. The third-order valence-corrected chi connectivity index (χ3v) is 14.9. The van der Waals surface area contributed by atoms with E-state index in [0.717, 1.165) is 86.1 Å². The molecular formula is C56H86BaO6S2. The van der Waals surface area contributed by atoms with Crippen LogP contribution >= 0.6 is 0 Å². The van der Waals surface area contributed by atoms with Gasteiger partial charge in [-0.25, -0.2) is 16.8 Å². The van der Waals surface area contributed by atoms with E-state index in [2.05, 4.69) is 27.7 Å². The summed E-state index contributed by atoms with van der Waals surface area (Å²) in [5.74, 6) is 0. The summed E-state index contributed by atoms with van der Waals surface area (Å²) >= 11 is 0. The molecular weight excluding hydrogens is 970 g/mol. The predicted octanol–water partition coefficient (Wildman–Crippen LogP) is 16.3. The summed E-state index contributed by atoms with van der Waals surface area (Å²) in [5.41, 5.74) is 4.35. The van der Waals surface area contributed by atoms with Gasteiger partial charge in [-0.05, 0) is 96.5 Å². The summed E-state index contributed by atoms with van der Waals surface area (Å²) in [6.45, 7) is 8.92. The maximum atomic E-state index is 12.0. The molecule has 0 unspecified atom stereocenters. The maximum Gasteiger partial charge on any atom is 2.00 e. The zero-order valence-corrected chi connectivity index (χ0v) is 47.4. The quantitative estimate of drug-likeness (QED) is 0.0261. The van der Waals surface area contributed by atoms with Gasteiger partial charge in [0, 0.05) is 10.8 Å². The molecule has 4 aromatic rings. The molecule has 0 heterocycles. The Hall–Kier alpha value is -1.21. The van der Waals surface area contributed by atoms with Gasteiger partial charge in [0.1, 0.15) is 20.2 Å². The number of rotatable bonds is 34. The van der Waals surface area contributed by atoms with Gasteiger partial charge in [-0.3, -0.25) is 0 Å². The molecule has 360 valence electrons. The third kappa shape index (κ3) is 22.8. The first-order valence-electron chi connectivity index (χ1n) is 26.0. The van der Waals surface area contributed by atoms with Crippen LogP contribution < -0.4 is 0 Å². The zero-order chi connectivity index (χ0) is 46.5. The smallest absolute Gasteiger partial charge is 0.744 e. The van der Waals surface area contributed by atoms with E-state index in [0.29, 0.717) is 10.8 Å². The van der Waals surface area contributed by atoms with Gasteiger partial charge in [-0.2, -0.15) is 0 Å². The molecule has 0 fully saturated rings. The standard InChI is InChI=1S/2C28H44O3S.Ba/c2*1-3-5-7-9-11-13-15-18-24-22-23-27(32(29,30)31)28-25(20-17-21-26(24)28)19-16-14-12-10-8-6-4-2;/h2*17,20-23H,3-16,18-19H2,1-2H3,(H,29,30,31);/q;;+2/p-2. The van der Waals surface area contributed by atoms with Crippen molar-refractivity contribution in [3.05, 3.63) is 82.9 Å². The number of hydrogen-bond acceptors (Lipinski definition) is 6. The van der Waals surface area contributed by atoms with E-state index in [9.17, 15) is 25.9 Å². The average Bonchev–Trinajstić information content (AvgIpc) is 3.27. The molecule has 0 saturated carbocycles. The van der Waals surface area contributed by atoms with E-state index in [-0.39, 0.29) is 58.7 Å². The predicted molar refractivity (Wildman–Crippen MR) is 276 cm³/mol. The SMILES string of the molecule is CCCCCCCCCc1ccc(S(=O)(=O)[O-])c2c(CCCCCCCCC)cccc12.CCCCCCCCCc1ccc(S(=O)(=O)[O-])c2c(CCCCCCCCC)cccc12.[Ba+2]. The zero-order valence-electron chi connectivity index (χ0n) is 41.4. The fourth-order valence-corrected chi connectivity index (χ4v) is 10.8. The molecule has 4 aromatic carbocycles. The minimum Gasteiger partial charge on any atom is -0.744 e. The Bertz CT molecular complexity index is 1960. The largest absolute Gasteiger partial charge is 2.00 e. The van der Waals surface area contributed by atoms with Crippen molar-refractivity contribution in [1.29, 1.82) is 0 Å². The van der Waals surface area contributed by atoms with Crippen LogP contribution in [0.2, 0.25) is 0 Å². The Morgan fingerprint density at radius 2 is 0.569 bits per heavy atom. The third-order valence-electron chi connectivity index (χ3n) is 13.1. The molecule has 0 aliphatic heterocycles. The van der Waals surface area contributed by atoms with Gasteiger partial charge >= 0.3 is 48.9 Å². The second-order valence-corrected chi connectivity index (χ2v) is 21.2. The molecule has 0 atom stereocenters. The van der Waals surface area contributed by atoms with Crippen LogP contribution in [0.3, 0.4) is 0 Å². The van der Waals surface area contributed by atoms with Gasteiger partial charge in [-0.1, -0.05) is 230 Å². The van der Waals surface area contributed by atoms with E-state index in [1.165, 1.54) is 152 Å². The van der Waals surface area contributed by atoms with Crippen molar-refractivity contribution in [3.63, 3.8) is 0 Å². The molecule has 6 nitrogen and oxygen atoms in total. The van der Waals surface area contributed by atoms with E-state index >= 15 is 0 Å². The van der Waals surface area contributed by atoms with Crippen LogP contribution in [0.1, 0.15) is 230 Å². The Labute approximate surface area is 438 Å². The molecule has 4 rings (SSSR count). The molecule has 65 heavy (non-hydrogen) atoms. The van der Waals surface area contributed by atoms with Crippen molar-refractivity contribution in [2.24, 2.45) is 0 Å². The van der Waals surface area contributed by atoms with Gasteiger partial charge in [0.2, 0.25) is 0 Å². The summed E-state index contributed by atoms with van der Waals surface area (Å²) in [5, 5.41) is 3.25. The molecule has 0 aliphatic rings. The molecule has 0 aliphatic carbocycles. The van der Waals surface area contributed by atoms with Crippen molar-refractivity contribution in [2.75, 3.05) is 0 Å². The molecule has 0 radical (unpaired) electrons. The minimum atomic E-state index is -4.50. The Balaban J connectivity index is 0.000000440. The van der Waals surface area contributed by atoms with Crippen LogP contribution in [0.4, 0.5) is 0 Å². The van der Waals surface area contributed by atoms with Crippen molar-refractivity contribution >= 4 is 90.7 Å². The minimum absolute atomic E-state index is 0. The van der Waals surface area contributed by atoms with E-state index in [1.807, 2.05) is 48.5 Å². The first kappa shape index (κ1) is 59.9. The molecule has 0 aromatic heterocycles. The van der Waals surface area contributed by atoms with Crippen molar-refractivity contribution in [1.82, 2.24) is 0 Å². The van der Waals surface area contributed by atoms with Gasteiger partial charge in [-0.15, -0.1) is 0 Å². The van der Waals surface area contributed by atoms with Gasteiger partial charge in [0.05, 0.1) is 9.79 Å². The van der Waals surface area contributed by atoms with Crippen LogP contribution in [-0.4, -0.2) is 74.8 Å². The Kier molecular flexibility index (Phi) is 32.2. The first-order chi connectivity index (χ1) is 31.0. The van der Waals surface area contributed by atoms with Crippen LogP contribution in [0.25, 0.3) is 21.5 Å².